The molecule has 3 nitrogen and oxygen atoms in total. The van der Waals surface area contributed by atoms with Crippen molar-refractivity contribution >= 4 is 5.97 Å². The van der Waals surface area contributed by atoms with Crippen LogP contribution >= 0.6 is 0 Å². The van der Waals surface area contributed by atoms with Crippen LogP contribution in [-0.2, 0) is 4.79 Å². The van der Waals surface area contributed by atoms with Crippen LogP contribution in [0, 0.1) is 0 Å². The Labute approximate surface area is 68.0 Å². The van der Waals surface area contributed by atoms with E-state index >= 15 is 0 Å². The Morgan fingerprint density at radius 3 is 2.36 bits per heavy atom. The predicted octanol–water partition coefficient (Wildman–Crippen LogP) is -0.142. The molecule has 0 fully saturated rings. The number of unbranched alkanes of at least 4 members (excludes halogenated alkanes) is 2. The summed E-state index contributed by atoms with van der Waals surface area (Å²) in [6, 6.07) is 0. The molecule has 0 aromatic carbocycles. The van der Waals surface area contributed by atoms with E-state index in [1.807, 2.05) is 14.1 Å². The van der Waals surface area contributed by atoms with Crippen LogP contribution in [0.2, 0.25) is 0 Å². The smallest absolute Gasteiger partial charge is 0.0414 e. The summed E-state index contributed by atoms with van der Waals surface area (Å²) in [5, 5.41) is 9.97. The standard InChI is InChI=1S/C8H17NO2/c1-9(2)7-5-3-4-6-8(10)11/h3-7H2,1-2H3,(H,10,11)/p-1. The van der Waals surface area contributed by atoms with Gasteiger partial charge in [-0.2, -0.15) is 0 Å². The van der Waals surface area contributed by atoms with Gasteiger partial charge >= 0.3 is 0 Å². The number of carboxylic acid groups (broad SMARTS) is 1. The van der Waals surface area contributed by atoms with Crippen molar-refractivity contribution in [1.82, 2.24) is 4.90 Å². The minimum atomic E-state index is -0.935. The third-order valence-corrected chi connectivity index (χ3v) is 1.49. The Kier molecular flexibility index (Phi) is 5.84. The van der Waals surface area contributed by atoms with Gasteiger partial charge in [0.25, 0.3) is 0 Å². The Morgan fingerprint density at radius 2 is 1.91 bits per heavy atom. The molecule has 0 saturated carbocycles. The molecule has 0 spiro atoms. The van der Waals surface area contributed by atoms with Crippen LogP contribution in [0.5, 0.6) is 0 Å². The van der Waals surface area contributed by atoms with Crippen molar-refractivity contribution in [2.24, 2.45) is 0 Å². The topological polar surface area (TPSA) is 43.4 Å². The van der Waals surface area contributed by atoms with E-state index in [2.05, 4.69) is 4.90 Å². The van der Waals surface area contributed by atoms with E-state index in [0.717, 1.165) is 25.8 Å². The molecule has 0 N–H and O–H groups in total. The van der Waals surface area contributed by atoms with Gasteiger partial charge < -0.3 is 14.8 Å². The number of hydrogen-bond donors (Lipinski definition) is 0. The van der Waals surface area contributed by atoms with Crippen molar-refractivity contribution in [1.29, 1.82) is 0 Å². The van der Waals surface area contributed by atoms with Gasteiger partial charge in [0.2, 0.25) is 0 Å². The van der Waals surface area contributed by atoms with E-state index in [1.54, 1.807) is 0 Å². The van der Waals surface area contributed by atoms with Gasteiger partial charge in [0.05, 0.1) is 0 Å². The van der Waals surface area contributed by atoms with Gasteiger partial charge in [-0.3, -0.25) is 0 Å². The minimum Gasteiger partial charge on any atom is -0.550 e. The minimum absolute atomic E-state index is 0.202. The Bertz CT molecular complexity index is 113. The van der Waals surface area contributed by atoms with Crippen molar-refractivity contribution < 1.29 is 9.90 Å². The van der Waals surface area contributed by atoms with Gasteiger partial charge in [0.15, 0.2) is 0 Å². The van der Waals surface area contributed by atoms with E-state index in [0.29, 0.717) is 0 Å². The highest BCUT2D eigenvalue weighted by Gasteiger charge is 1.91. The molecular weight excluding hydrogens is 142 g/mol. The average Bonchev–Trinajstić information content (AvgIpc) is 1.85. The Balaban J connectivity index is 2.97. The van der Waals surface area contributed by atoms with Crippen LogP contribution in [0.15, 0.2) is 0 Å². The molecule has 0 aromatic heterocycles. The van der Waals surface area contributed by atoms with Crippen LogP contribution in [0.25, 0.3) is 0 Å². The number of rotatable bonds is 6. The van der Waals surface area contributed by atoms with Crippen molar-refractivity contribution in [2.45, 2.75) is 25.7 Å². The first-order valence-electron chi connectivity index (χ1n) is 3.97. The Morgan fingerprint density at radius 1 is 1.27 bits per heavy atom. The fourth-order valence-electron chi connectivity index (χ4n) is 0.874. The molecule has 0 aliphatic carbocycles. The summed E-state index contributed by atoms with van der Waals surface area (Å²) in [5.74, 6) is -0.935. The van der Waals surface area contributed by atoms with Gasteiger partial charge in [-0.05, 0) is 39.9 Å². The number of carbonyl (C=O) groups excluding carboxylic acids is 1. The fourth-order valence-corrected chi connectivity index (χ4v) is 0.874. The molecule has 0 aromatic rings. The second-order valence-electron chi connectivity index (χ2n) is 2.99. The molecule has 11 heavy (non-hydrogen) atoms. The maximum absolute atomic E-state index is 9.97. The van der Waals surface area contributed by atoms with Crippen molar-refractivity contribution in [3.63, 3.8) is 0 Å². The third-order valence-electron chi connectivity index (χ3n) is 1.49. The first kappa shape index (κ1) is 10.4. The molecule has 0 heterocycles. The van der Waals surface area contributed by atoms with Crippen molar-refractivity contribution in [2.75, 3.05) is 20.6 Å². The average molecular weight is 158 g/mol. The highest BCUT2D eigenvalue weighted by molar-refractivity contribution is 5.63. The number of hydrogen-bond acceptors (Lipinski definition) is 3. The first-order valence-corrected chi connectivity index (χ1v) is 3.97. The van der Waals surface area contributed by atoms with Crippen LogP contribution < -0.4 is 5.11 Å². The molecule has 66 valence electrons. The van der Waals surface area contributed by atoms with Crippen molar-refractivity contribution in [3.05, 3.63) is 0 Å². The van der Waals surface area contributed by atoms with E-state index in [1.165, 1.54) is 0 Å². The number of carbonyl (C=O) groups is 1. The maximum Gasteiger partial charge on any atom is 0.0414 e. The van der Waals surface area contributed by atoms with Gasteiger partial charge in [-0.25, -0.2) is 0 Å². The molecule has 0 saturated heterocycles. The molecular formula is C8H16NO2-. The zero-order valence-corrected chi connectivity index (χ0v) is 7.30. The molecule has 3 heteroatoms. The summed E-state index contributed by atoms with van der Waals surface area (Å²) in [6.45, 7) is 1.03. The zero-order chi connectivity index (χ0) is 8.69. The molecule has 0 rings (SSSR count). The maximum atomic E-state index is 9.97. The molecule has 0 radical (unpaired) electrons. The van der Waals surface area contributed by atoms with Gasteiger partial charge in [0.1, 0.15) is 0 Å². The lowest BCUT2D eigenvalue weighted by atomic mass is 10.2. The quantitative estimate of drug-likeness (QED) is 0.505. The summed E-state index contributed by atoms with van der Waals surface area (Å²) in [5.41, 5.74) is 0. The molecule has 0 amide bonds. The third kappa shape index (κ3) is 9.43. The normalized spacial score (nSPS) is 10.5. The summed E-state index contributed by atoms with van der Waals surface area (Å²) < 4.78 is 0. The highest BCUT2D eigenvalue weighted by Crippen LogP contribution is 1.98. The number of carboxylic acids is 1. The van der Waals surface area contributed by atoms with Gasteiger partial charge in [-0.15, -0.1) is 0 Å². The first-order chi connectivity index (χ1) is 5.13. The van der Waals surface area contributed by atoms with E-state index < -0.39 is 5.97 Å². The summed E-state index contributed by atoms with van der Waals surface area (Å²) in [6.07, 6.45) is 3.00. The Hall–Kier alpha value is -0.570. The zero-order valence-electron chi connectivity index (χ0n) is 7.30. The summed E-state index contributed by atoms with van der Waals surface area (Å²) in [7, 11) is 4.03. The lowest BCUT2D eigenvalue weighted by Gasteiger charge is -2.08. The van der Waals surface area contributed by atoms with Crippen LogP contribution in [0.4, 0.5) is 0 Å². The molecule has 0 aliphatic rings. The summed E-state index contributed by atoms with van der Waals surface area (Å²) >= 11 is 0. The molecule has 0 bridgehead atoms. The summed E-state index contributed by atoms with van der Waals surface area (Å²) in [4.78, 5) is 12.1. The second-order valence-corrected chi connectivity index (χ2v) is 2.99. The fraction of sp³-hybridized carbons (Fsp3) is 0.875. The lowest BCUT2D eigenvalue weighted by Crippen LogP contribution is -2.21. The second kappa shape index (κ2) is 6.16. The van der Waals surface area contributed by atoms with Gasteiger partial charge in [-0.1, -0.05) is 6.42 Å². The van der Waals surface area contributed by atoms with Crippen LogP contribution in [0.1, 0.15) is 25.7 Å². The van der Waals surface area contributed by atoms with E-state index in [4.69, 9.17) is 0 Å². The number of aliphatic carboxylic acids is 1. The SMILES string of the molecule is CN(C)CCCCCC(=O)[O-]. The highest BCUT2D eigenvalue weighted by atomic mass is 16.4. The van der Waals surface area contributed by atoms with Crippen molar-refractivity contribution in [3.8, 4) is 0 Å². The molecule has 0 aliphatic heterocycles. The lowest BCUT2D eigenvalue weighted by molar-refractivity contribution is -0.305. The van der Waals surface area contributed by atoms with Crippen LogP contribution in [-0.4, -0.2) is 31.5 Å². The van der Waals surface area contributed by atoms with E-state index in [-0.39, 0.29) is 6.42 Å². The predicted molar refractivity (Wildman–Crippen MR) is 42.0 cm³/mol. The molecule has 0 unspecified atom stereocenters. The number of nitrogens with zero attached hydrogens (tertiary/aromatic N) is 1. The largest absolute Gasteiger partial charge is 0.550 e. The van der Waals surface area contributed by atoms with Crippen LogP contribution in [0.3, 0.4) is 0 Å². The van der Waals surface area contributed by atoms with Gasteiger partial charge in [0, 0.05) is 5.97 Å². The monoisotopic (exact) mass is 158 g/mol. The van der Waals surface area contributed by atoms with E-state index in [9.17, 15) is 9.90 Å². The molecule has 0 atom stereocenters.